The van der Waals surface area contributed by atoms with Crippen molar-refractivity contribution in [2.45, 2.75) is 38.3 Å². The molecular formula is C26H32NOP. The molecule has 2 nitrogen and oxygen atoms in total. The summed E-state index contributed by atoms with van der Waals surface area (Å²) in [7, 11) is 4.79. The predicted molar refractivity (Wildman–Crippen MR) is 128 cm³/mol. The van der Waals surface area contributed by atoms with Crippen LogP contribution in [0.1, 0.15) is 43.4 Å². The number of phenolic OH excluding ortho intramolecular Hbond substituents is 1. The fraction of sp³-hybridized carbons (Fsp3) is 0.308. The van der Waals surface area contributed by atoms with Crippen LogP contribution in [0, 0.1) is 0 Å². The molecule has 1 unspecified atom stereocenters. The number of rotatable bonds is 8. The minimum absolute atomic E-state index is 0.0666. The molecule has 0 saturated carbocycles. The first-order valence-corrected chi connectivity index (χ1v) is 11.4. The van der Waals surface area contributed by atoms with Crippen LogP contribution >= 0.6 is 8.58 Å². The maximum atomic E-state index is 11.3. The van der Waals surface area contributed by atoms with Gasteiger partial charge in [-0.25, -0.2) is 0 Å². The van der Waals surface area contributed by atoms with Crippen molar-refractivity contribution >= 4 is 19.6 Å². The van der Waals surface area contributed by atoms with E-state index in [1.807, 2.05) is 6.07 Å². The molecule has 0 aliphatic heterocycles. The van der Waals surface area contributed by atoms with E-state index in [0.717, 1.165) is 30.4 Å². The van der Waals surface area contributed by atoms with Crippen molar-refractivity contribution < 1.29 is 5.11 Å². The van der Waals surface area contributed by atoms with Gasteiger partial charge in [0.15, 0.2) is 0 Å². The second-order valence-electron chi connectivity index (χ2n) is 7.80. The van der Waals surface area contributed by atoms with Crippen LogP contribution in [0.2, 0.25) is 0 Å². The molecule has 0 aliphatic carbocycles. The summed E-state index contributed by atoms with van der Waals surface area (Å²) < 4.78 is 0. The lowest BCUT2D eigenvalue weighted by Crippen LogP contribution is -2.25. The van der Waals surface area contributed by atoms with Crippen molar-refractivity contribution in [3.63, 3.8) is 0 Å². The van der Waals surface area contributed by atoms with E-state index in [0.29, 0.717) is 14.3 Å². The molecule has 0 saturated heterocycles. The molecule has 3 aromatic rings. The largest absolute Gasteiger partial charge is 0.507 e. The van der Waals surface area contributed by atoms with Crippen LogP contribution in [0.3, 0.4) is 0 Å². The zero-order chi connectivity index (χ0) is 20.9. The second kappa shape index (κ2) is 9.46. The maximum Gasteiger partial charge on any atom is 0.123 e. The van der Waals surface area contributed by atoms with Crippen LogP contribution < -0.4 is 10.2 Å². The molecule has 0 aliphatic rings. The summed E-state index contributed by atoms with van der Waals surface area (Å²) in [4.78, 5) is 2.18. The minimum Gasteiger partial charge on any atom is -0.507 e. The van der Waals surface area contributed by atoms with E-state index in [2.05, 4.69) is 99.6 Å². The summed E-state index contributed by atoms with van der Waals surface area (Å²) in [5.41, 5.74) is 4.57. The molecule has 0 fully saturated rings. The molecule has 0 bridgehead atoms. The maximum absolute atomic E-state index is 11.3. The third-order valence-electron chi connectivity index (χ3n) is 5.84. The van der Waals surface area contributed by atoms with Crippen LogP contribution in [0.5, 0.6) is 5.75 Å². The minimum atomic E-state index is -0.0666. The molecule has 0 heterocycles. The van der Waals surface area contributed by atoms with Gasteiger partial charge in [-0.2, -0.15) is 0 Å². The topological polar surface area (TPSA) is 23.5 Å². The van der Waals surface area contributed by atoms with Gasteiger partial charge in [-0.1, -0.05) is 89.2 Å². The van der Waals surface area contributed by atoms with Crippen molar-refractivity contribution in [1.29, 1.82) is 0 Å². The Kier molecular flexibility index (Phi) is 6.98. The highest BCUT2D eigenvalue weighted by Gasteiger charge is 2.33. The van der Waals surface area contributed by atoms with Gasteiger partial charge in [-0.3, -0.25) is 0 Å². The number of nitrogens with zero attached hydrogens (tertiary/aromatic N) is 1. The van der Waals surface area contributed by atoms with Gasteiger partial charge in [0, 0.05) is 36.9 Å². The Bertz CT molecular complexity index is 932. The Morgan fingerprint density at radius 1 is 0.828 bits per heavy atom. The van der Waals surface area contributed by atoms with Crippen LogP contribution in [-0.2, 0) is 11.6 Å². The average Bonchev–Trinajstić information content (AvgIpc) is 2.75. The number of anilines is 1. The monoisotopic (exact) mass is 405 g/mol. The number of hydrogen-bond donors (Lipinski definition) is 1. The Morgan fingerprint density at radius 3 is 2.14 bits per heavy atom. The van der Waals surface area contributed by atoms with Crippen molar-refractivity contribution in [1.82, 2.24) is 0 Å². The van der Waals surface area contributed by atoms with E-state index < -0.39 is 0 Å². The molecule has 0 radical (unpaired) electrons. The van der Waals surface area contributed by atoms with Crippen LogP contribution in [0.4, 0.5) is 5.69 Å². The highest BCUT2D eigenvalue weighted by Crippen LogP contribution is 2.51. The van der Waals surface area contributed by atoms with E-state index in [4.69, 9.17) is 0 Å². The third kappa shape index (κ3) is 4.65. The summed E-state index contributed by atoms with van der Waals surface area (Å²) >= 11 is 0. The molecule has 3 heteroatoms. The first-order chi connectivity index (χ1) is 14.0. The number of benzene rings is 3. The smallest absolute Gasteiger partial charge is 0.123 e. The van der Waals surface area contributed by atoms with Crippen molar-refractivity contribution in [3.8, 4) is 5.75 Å². The zero-order valence-electron chi connectivity index (χ0n) is 17.9. The quantitative estimate of drug-likeness (QED) is 0.460. The molecule has 0 spiro atoms. The summed E-state index contributed by atoms with van der Waals surface area (Å²) in [5.74, 6) is 0.467. The van der Waals surface area contributed by atoms with Gasteiger partial charge in [0.1, 0.15) is 5.75 Å². The first-order valence-electron chi connectivity index (χ1n) is 10.4. The van der Waals surface area contributed by atoms with E-state index >= 15 is 0 Å². The Labute approximate surface area is 177 Å². The predicted octanol–water partition coefficient (Wildman–Crippen LogP) is 6.07. The van der Waals surface area contributed by atoms with E-state index in [1.54, 1.807) is 0 Å². The fourth-order valence-electron chi connectivity index (χ4n) is 4.04. The van der Waals surface area contributed by atoms with Gasteiger partial charge in [0.2, 0.25) is 0 Å². The highest BCUT2D eigenvalue weighted by molar-refractivity contribution is 7.49. The van der Waals surface area contributed by atoms with Crippen LogP contribution in [0.15, 0.2) is 72.8 Å². The van der Waals surface area contributed by atoms with Gasteiger partial charge in [-0.15, -0.1) is 0 Å². The van der Waals surface area contributed by atoms with E-state index in [-0.39, 0.29) is 5.16 Å². The molecule has 3 aromatic carbocycles. The molecule has 3 rings (SSSR count). The summed E-state index contributed by atoms with van der Waals surface area (Å²) in [6.07, 6.45) is 2.74. The van der Waals surface area contributed by atoms with Crippen LogP contribution in [-0.4, -0.2) is 19.2 Å². The van der Waals surface area contributed by atoms with Gasteiger partial charge in [-0.05, 0) is 35.3 Å². The van der Waals surface area contributed by atoms with Crippen molar-refractivity contribution in [2.24, 2.45) is 0 Å². The van der Waals surface area contributed by atoms with Gasteiger partial charge in [0.25, 0.3) is 0 Å². The molecule has 1 N–H and O–H groups in total. The molecular weight excluding hydrogens is 373 g/mol. The molecule has 152 valence electrons. The highest BCUT2D eigenvalue weighted by atomic mass is 31.1. The van der Waals surface area contributed by atoms with E-state index in [1.165, 1.54) is 16.6 Å². The van der Waals surface area contributed by atoms with Crippen molar-refractivity contribution in [3.05, 3.63) is 89.5 Å². The number of phenols is 1. The Morgan fingerprint density at radius 2 is 1.48 bits per heavy atom. The molecule has 1 atom stereocenters. The van der Waals surface area contributed by atoms with Gasteiger partial charge in [0.05, 0.1) is 0 Å². The van der Waals surface area contributed by atoms with Crippen molar-refractivity contribution in [2.75, 3.05) is 19.0 Å². The molecule has 0 amide bonds. The summed E-state index contributed by atoms with van der Waals surface area (Å²) in [6.45, 7) is 4.50. The Hall–Kier alpha value is -2.31. The SMILES string of the molecule is CCC(CC)(Pc1ccccc1N(C)C)c1cccc(Cc2ccccc2)c1O. The summed E-state index contributed by atoms with van der Waals surface area (Å²) in [5, 5.41) is 12.6. The average molecular weight is 406 g/mol. The number of hydrogen-bond acceptors (Lipinski definition) is 2. The molecule has 29 heavy (non-hydrogen) atoms. The first kappa shape index (κ1) is 21.4. The van der Waals surface area contributed by atoms with Crippen LogP contribution in [0.25, 0.3) is 0 Å². The van der Waals surface area contributed by atoms with E-state index in [9.17, 15) is 5.11 Å². The lowest BCUT2D eigenvalue weighted by molar-refractivity contribution is 0.443. The Balaban J connectivity index is 2.02. The lowest BCUT2D eigenvalue weighted by atomic mass is 9.89. The van der Waals surface area contributed by atoms with Gasteiger partial charge >= 0.3 is 0 Å². The third-order valence-corrected chi connectivity index (χ3v) is 7.99. The standard InChI is InChI=1S/C26H32NOP/c1-5-26(6-2,29-24-18-11-10-17-23(24)27(3)4)22-16-12-15-21(25(22)28)19-20-13-8-7-9-14-20/h7-18,28-29H,5-6,19H2,1-4H3. The van der Waals surface area contributed by atoms with Gasteiger partial charge < -0.3 is 10.0 Å². The molecule has 0 aromatic heterocycles. The lowest BCUT2D eigenvalue weighted by Gasteiger charge is -2.35. The normalized spacial score (nSPS) is 11.9. The fourth-order valence-corrected chi connectivity index (χ4v) is 5.86. The second-order valence-corrected chi connectivity index (χ2v) is 9.55. The number of para-hydroxylation sites is 2. The summed E-state index contributed by atoms with van der Waals surface area (Å²) in [6, 6.07) is 25.3. The zero-order valence-corrected chi connectivity index (χ0v) is 18.9. The number of aromatic hydroxyl groups is 1.